The first kappa shape index (κ1) is 30.7. The first-order valence-electron chi connectivity index (χ1n) is 13.9. The Kier molecular flexibility index (Phi) is 7.92. The Bertz CT molecular complexity index is 1510. The summed E-state index contributed by atoms with van der Waals surface area (Å²) in [5.74, 6) is -9.47. The van der Waals surface area contributed by atoms with E-state index in [1.165, 1.54) is 0 Å². The third-order valence-electron chi connectivity index (χ3n) is 8.11. The molecule has 2 saturated carbocycles. The van der Waals surface area contributed by atoms with Crippen LogP contribution in [-0.2, 0) is 11.3 Å². The number of fused-ring (bicyclic) bond motifs is 1. The lowest BCUT2D eigenvalue weighted by atomic mass is 9.76. The molecule has 0 saturated heterocycles. The van der Waals surface area contributed by atoms with E-state index in [2.05, 4.69) is 25.5 Å². The molecule has 0 bridgehead atoms. The number of nitrogens with two attached hydrogens (primary N) is 1. The molecule has 2 aliphatic carbocycles. The predicted octanol–water partition coefficient (Wildman–Crippen LogP) is 5.39. The van der Waals surface area contributed by atoms with E-state index < -0.39 is 79.3 Å². The number of halogens is 7. The van der Waals surface area contributed by atoms with Crippen LogP contribution in [0.4, 0.5) is 30.7 Å². The van der Waals surface area contributed by atoms with Crippen LogP contribution in [0, 0.1) is 11.8 Å². The molecule has 3 aromatic rings. The quantitative estimate of drug-likeness (QED) is 0.263. The van der Waals surface area contributed by atoms with E-state index in [-0.39, 0.29) is 43.0 Å². The van der Waals surface area contributed by atoms with Crippen LogP contribution in [0.3, 0.4) is 0 Å². The molecule has 2 fully saturated rings. The Morgan fingerprint density at radius 3 is 2.44 bits per heavy atom. The second kappa shape index (κ2) is 11.1. The number of imidazole rings is 1. The molecular weight excluding hydrogens is 587 g/mol. The van der Waals surface area contributed by atoms with Gasteiger partial charge in [0, 0.05) is 31.6 Å². The topological polar surface area (TPSA) is 132 Å². The zero-order chi connectivity index (χ0) is 31.3. The number of amides is 2. The van der Waals surface area contributed by atoms with Gasteiger partial charge in [-0.25, -0.2) is 22.5 Å². The lowest BCUT2D eigenvalue weighted by Crippen LogP contribution is -2.30. The Labute approximate surface area is 240 Å². The van der Waals surface area contributed by atoms with Crippen LogP contribution in [0.5, 0.6) is 0 Å². The van der Waals surface area contributed by atoms with E-state index in [4.69, 9.17) is 5.73 Å². The van der Waals surface area contributed by atoms with E-state index in [1.807, 2.05) is 0 Å². The first-order valence-corrected chi connectivity index (χ1v) is 13.9. The third kappa shape index (κ3) is 7.09. The molecule has 0 spiro atoms. The molecule has 9 nitrogen and oxygen atoms in total. The van der Waals surface area contributed by atoms with Gasteiger partial charge in [-0.15, -0.1) is 5.10 Å². The van der Waals surface area contributed by atoms with Crippen molar-refractivity contribution in [2.45, 2.75) is 88.4 Å². The molecule has 3 atom stereocenters. The molecule has 43 heavy (non-hydrogen) atoms. The normalized spacial score (nSPS) is 21.4. The standard InChI is InChI=1S/C27H30F7N7O2/c1-13(36-19(42)6-9-27(32,33)34)15-2-3-17-18(10-15)38-24(37-17)20(14-4-7-25(28,29)8-5-14)21-22(23(35)43)40-41(39-21)12-16-11-26(16,30)31/h2-3,10,13-14,16,20H,4-9,11-12H2,1H3,(H2,35,43)(H,36,42)(H,37,38)/t13-,16?,20+/m1/s1. The molecule has 0 radical (unpaired) electrons. The minimum absolute atomic E-state index is 0.0521. The minimum Gasteiger partial charge on any atom is -0.364 e. The fourth-order valence-corrected chi connectivity index (χ4v) is 5.58. The molecule has 1 aromatic carbocycles. The number of benzene rings is 1. The van der Waals surface area contributed by atoms with E-state index in [1.54, 1.807) is 25.1 Å². The van der Waals surface area contributed by atoms with E-state index in [0.717, 1.165) is 4.80 Å². The summed E-state index contributed by atoms with van der Waals surface area (Å²) in [5, 5.41) is 10.9. The summed E-state index contributed by atoms with van der Waals surface area (Å²) in [6.07, 6.45) is -7.45. The Morgan fingerprint density at radius 1 is 1.16 bits per heavy atom. The van der Waals surface area contributed by atoms with Crippen LogP contribution in [-0.4, -0.2) is 54.8 Å². The summed E-state index contributed by atoms with van der Waals surface area (Å²) >= 11 is 0. The van der Waals surface area contributed by atoms with Gasteiger partial charge in [-0.2, -0.15) is 23.1 Å². The summed E-state index contributed by atoms with van der Waals surface area (Å²) in [7, 11) is 0. The number of hydrogen-bond donors (Lipinski definition) is 3. The van der Waals surface area contributed by atoms with Crippen LogP contribution >= 0.6 is 0 Å². The molecule has 4 N–H and O–H groups in total. The van der Waals surface area contributed by atoms with Gasteiger partial charge >= 0.3 is 6.18 Å². The van der Waals surface area contributed by atoms with Crippen LogP contribution in [0.1, 0.15) is 91.4 Å². The number of nitrogens with one attached hydrogen (secondary N) is 2. The van der Waals surface area contributed by atoms with Crippen LogP contribution in [0.25, 0.3) is 11.0 Å². The molecule has 0 aliphatic heterocycles. The van der Waals surface area contributed by atoms with Crippen molar-refractivity contribution in [2.24, 2.45) is 17.6 Å². The number of rotatable bonds is 10. The van der Waals surface area contributed by atoms with Crippen LogP contribution in [0.15, 0.2) is 18.2 Å². The summed E-state index contributed by atoms with van der Waals surface area (Å²) in [5.41, 5.74) is 6.85. The zero-order valence-corrected chi connectivity index (χ0v) is 23.0. The first-order chi connectivity index (χ1) is 20.0. The molecular formula is C27H30F7N7O2. The van der Waals surface area contributed by atoms with Crippen molar-refractivity contribution in [1.82, 2.24) is 30.3 Å². The molecule has 2 heterocycles. The number of hydrogen-bond acceptors (Lipinski definition) is 5. The van der Waals surface area contributed by atoms with E-state index in [9.17, 15) is 40.3 Å². The fourth-order valence-electron chi connectivity index (χ4n) is 5.58. The van der Waals surface area contributed by atoms with Gasteiger partial charge in [0.2, 0.25) is 11.8 Å². The average Bonchev–Trinajstić information content (AvgIpc) is 3.23. The van der Waals surface area contributed by atoms with Crippen LogP contribution in [0.2, 0.25) is 0 Å². The highest BCUT2D eigenvalue weighted by Gasteiger charge is 2.57. The third-order valence-corrected chi connectivity index (χ3v) is 8.11. The predicted molar refractivity (Wildman–Crippen MR) is 138 cm³/mol. The number of alkyl halides is 7. The maximum absolute atomic E-state index is 14.1. The van der Waals surface area contributed by atoms with Gasteiger partial charge in [0.25, 0.3) is 11.8 Å². The molecule has 2 aromatic heterocycles. The lowest BCUT2D eigenvalue weighted by molar-refractivity contribution is -0.144. The maximum Gasteiger partial charge on any atom is 0.389 e. The van der Waals surface area contributed by atoms with Crippen molar-refractivity contribution in [1.29, 1.82) is 0 Å². The summed E-state index contributed by atoms with van der Waals surface area (Å²) < 4.78 is 92.8. The van der Waals surface area contributed by atoms with E-state index in [0.29, 0.717) is 16.6 Å². The molecule has 234 valence electrons. The Hall–Kier alpha value is -3.72. The smallest absolute Gasteiger partial charge is 0.364 e. The number of nitrogens with zero attached hydrogens (tertiary/aromatic N) is 4. The van der Waals surface area contributed by atoms with Crippen molar-refractivity contribution >= 4 is 22.8 Å². The Morgan fingerprint density at radius 2 is 1.84 bits per heavy atom. The molecule has 2 aliphatic rings. The number of primary amides is 1. The Balaban J connectivity index is 1.46. The molecule has 16 heteroatoms. The number of aromatic amines is 1. The molecule has 2 amide bonds. The molecule has 5 rings (SSSR count). The van der Waals surface area contributed by atoms with Gasteiger partial charge in [0.15, 0.2) is 5.69 Å². The highest BCUT2D eigenvalue weighted by Crippen LogP contribution is 2.49. The highest BCUT2D eigenvalue weighted by atomic mass is 19.4. The maximum atomic E-state index is 14.1. The second-order valence-corrected chi connectivity index (χ2v) is 11.5. The van der Waals surface area contributed by atoms with Gasteiger partial charge in [0.1, 0.15) is 11.5 Å². The SMILES string of the molecule is C[C@@H](NC(=O)CCC(F)(F)F)c1ccc2nc([C@H](c3nn(CC4CC4(F)F)nc3C(N)=O)C3CCC(F)(F)CC3)[nH]c2c1. The second-order valence-electron chi connectivity index (χ2n) is 11.5. The fraction of sp³-hybridized carbons (Fsp3) is 0.593. The number of carbonyl (C=O) groups excluding carboxylic acids is 2. The van der Waals surface area contributed by atoms with Crippen molar-refractivity contribution in [3.63, 3.8) is 0 Å². The number of carbonyl (C=O) groups is 2. The summed E-state index contributed by atoms with van der Waals surface area (Å²) in [4.78, 5) is 33.2. The number of H-pyrrole nitrogens is 1. The van der Waals surface area contributed by atoms with Crippen molar-refractivity contribution in [2.75, 3.05) is 0 Å². The van der Waals surface area contributed by atoms with Gasteiger partial charge in [-0.3, -0.25) is 9.59 Å². The zero-order valence-electron chi connectivity index (χ0n) is 23.0. The monoisotopic (exact) mass is 617 g/mol. The van der Waals surface area contributed by atoms with Crippen molar-refractivity contribution in [3.05, 3.63) is 41.0 Å². The van der Waals surface area contributed by atoms with Crippen molar-refractivity contribution in [3.8, 4) is 0 Å². The highest BCUT2D eigenvalue weighted by molar-refractivity contribution is 5.92. The van der Waals surface area contributed by atoms with E-state index >= 15 is 0 Å². The summed E-state index contributed by atoms with van der Waals surface area (Å²) in [6, 6.07) is 4.26. The molecule has 1 unspecified atom stereocenters. The average molecular weight is 618 g/mol. The number of aromatic nitrogens is 5. The van der Waals surface area contributed by atoms with Gasteiger partial charge in [0.05, 0.1) is 36.0 Å². The van der Waals surface area contributed by atoms with Crippen molar-refractivity contribution < 1.29 is 40.3 Å². The minimum atomic E-state index is -4.46. The summed E-state index contributed by atoms with van der Waals surface area (Å²) in [6.45, 7) is 1.36. The van der Waals surface area contributed by atoms with Gasteiger partial charge < -0.3 is 16.0 Å². The van der Waals surface area contributed by atoms with Gasteiger partial charge in [-0.05, 0) is 43.4 Å². The van der Waals surface area contributed by atoms with Gasteiger partial charge in [-0.1, -0.05) is 6.07 Å². The van der Waals surface area contributed by atoms with Crippen LogP contribution < -0.4 is 11.1 Å². The lowest BCUT2D eigenvalue weighted by Gasteiger charge is -2.32. The largest absolute Gasteiger partial charge is 0.389 e.